The smallest absolute Gasteiger partial charge is 0.221 e. The van der Waals surface area contributed by atoms with E-state index >= 15 is 0 Å². The van der Waals surface area contributed by atoms with Crippen LogP contribution in [0.15, 0.2) is 18.2 Å². The van der Waals surface area contributed by atoms with Gasteiger partial charge in [0.1, 0.15) is 5.75 Å². The first-order valence-corrected chi connectivity index (χ1v) is 8.45. The number of ether oxygens (including phenoxy) is 1. The van der Waals surface area contributed by atoms with Crippen molar-refractivity contribution in [2.75, 3.05) is 24.7 Å². The van der Waals surface area contributed by atoms with Crippen molar-refractivity contribution in [2.45, 2.75) is 26.7 Å². The van der Waals surface area contributed by atoms with Crippen molar-refractivity contribution in [1.29, 1.82) is 0 Å². The van der Waals surface area contributed by atoms with Crippen molar-refractivity contribution in [3.63, 3.8) is 0 Å². The molecule has 21 heavy (non-hydrogen) atoms. The summed E-state index contributed by atoms with van der Waals surface area (Å²) < 4.78 is 31.0. The Morgan fingerprint density at radius 1 is 1.33 bits per heavy atom. The van der Waals surface area contributed by atoms with Crippen LogP contribution in [-0.2, 0) is 21.2 Å². The molecule has 0 radical (unpaired) electrons. The van der Waals surface area contributed by atoms with Gasteiger partial charge in [-0.1, -0.05) is 6.92 Å². The predicted octanol–water partition coefficient (Wildman–Crippen LogP) is 1.53. The van der Waals surface area contributed by atoms with Crippen molar-refractivity contribution in [3.05, 3.63) is 23.8 Å². The maximum atomic E-state index is 11.6. The molecule has 0 saturated heterocycles. The predicted molar refractivity (Wildman–Crippen MR) is 83.1 cm³/mol. The van der Waals surface area contributed by atoms with E-state index in [-0.39, 0.29) is 11.7 Å². The SMILES string of the molecule is CCCS(=O)(=O)NCCc1cc(NC(C)=O)ccc1OC. The van der Waals surface area contributed by atoms with E-state index in [4.69, 9.17) is 4.74 Å². The Kier molecular flexibility index (Phi) is 6.64. The quantitative estimate of drug-likeness (QED) is 0.762. The van der Waals surface area contributed by atoms with E-state index in [0.29, 0.717) is 30.8 Å². The molecule has 0 fully saturated rings. The average Bonchev–Trinajstić information content (AvgIpc) is 2.38. The first-order chi connectivity index (χ1) is 9.88. The van der Waals surface area contributed by atoms with Gasteiger partial charge >= 0.3 is 0 Å². The molecule has 6 nitrogen and oxygen atoms in total. The number of benzene rings is 1. The lowest BCUT2D eigenvalue weighted by molar-refractivity contribution is -0.114. The molecule has 0 spiro atoms. The molecule has 0 aliphatic carbocycles. The lowest BCUT2D eigenvalue weighted by Gasteiger charge is -2.12. The Morgan fingerprint density at radius 2 is 2.05 bits per heavy atom. The van der Waals surface area contributed by atoms with E-state index in [9.17, 15) is 13.2 Å². The fourth-order valence-electron chi connectivity index (χ4n) is 1.94. The van der Waals surface area contributed by atoms with Crippen LogP contribution in [0, 0.1) is 0 Å². The van der Waals surface area contributed by atoms with Gasteiger partial charge in [0, 0.05) is 19.2 Å². The molecule has 7 heteroatoms. The summed E-state index contributed by atoms with van der Waals surface area (Å²) >= 11 is 0. The highest BCUT2D eigenvalue weighted by Crippen LogP contribution is 2.23. The molecule has 0 heterocycles. The summed E-state index contributed by atoms with van der Waals surface area (Å²) in [7, 11) is -1.66. The summed E-state index contributed by atoms with van der Waals surface area (Å²) in [5, 5.41) is 2.69. The molecule has 0 aliphatic heterocycles. The minimum Gasteiger partial charge on any atom is -0.496 e. The van der Waals surface area contributed by atoms with Gasteiger partial charge in [0.25, 0.3) is 0 Å². The summed E-state index contributed by atoms with van der Waals surface area (Å²) in [5.74, 6) is 0.629. The standard InChI is InChI=1S/C14H22N2O4S/c1-4-9-21(18,19)15-8-7-12-10-13(16-11(2)17)5-6-14(12)20-3/h5-6,10,15H,4,7-9H2,1-3H3,(H,16,17). The number of hydrogen-bond donors (Lipinski definition) is 2. The number of carbonyl (C=O) groups is 1. The summed E-state index contributed by atoms with van der Waals surface area (Å²) in [6.45, 7) is 3.55. The Balaban J connectivity index is 2.74. The normalized spacial score (nSPS) is 11.2. The van der Waals surface area contributed by atoms with E-state index in [1.54, 1.807) is 25.3 Å². The number of hydrogen-bond acceptors (Lipinski definition) is 4. The molecule has 2 N–H and O–H groups in total. The third kappa shape index (κ3) is 6.14. The summed E-state index contributed by atoms with van der Waals surface area (Å²) in [6, 6.07) is 5.28. The minimum absolute atomic E-state index is 0.121. The summed E-state index contributed by atoms with van der Waals surface area (Å²) in [4.78, 5) is 11.1. The van der Waals surface area contributed by atoms with Crippen molar-refractivity contribution in [1.82, 2.24) is 4.72 Å². The van der Waals surface area contributed by atoms with Crippen molar-refractivity contribution >= 4 is 21.6 Å². The molecule has 1 aromatic carbocycles. The van der Waals surface area contributed by atoms with E-state index < -0.39 is 10.0 Å². The van der Waals surface area contributed by atoms with Crippen molar-refractivity contribution < 1.29 is 17.9 Å². The first kappa shape index (κ1) is 17.5. The molecule has 0 saturated carbocycles. The molecular weight excluding hydrogens is 292 g/mol. The fourth-order valence-corrected chi connectivity index (χ4v) is 3.03. The van der Waals surface area contributed by atoms with Crippen LogP contribution in [-0.4, -0.2) is 33.7 Å². The molecule has 0 bridgehead atoms. The summed E-state index contributed by atoms with van der Waals surface area (Å²) in [6.07, 6.45) is 1.07. The van der Waals surface area contributed by atoms with E-state index in [1.807, 2.05) is 6.92 Å². The molecule has 0 aliphatic rings. The lowest BCUT2D eigenvalue weighted by atomic mass is 10.1. The van der Waals surface area contributed by atoms with Gasteiger partial charge in [-0.25, -0.2) is 13.1 Å². The maximum absolute atomic E-state index is 11.6. The number of amides is 1. The highest BCUT2D eigenvalue weighted by Gasteiger charge is 2.10. The molecule has 0 atom stereocenters. The first-order valence-electron chi connectivity index (χ1n) is 6.79. The highest BCUT2D eigenvalue weighted by molar-refractivity contribution is 7.89. The molecular formula is C14H22N2O4S. The number of rotatable bonds is 8. The zero-order valence-corrected chi connectivity index (χ0v) is 13.4. The number of nitrogens with one attached hydrogen (secondary N) is 2. The highest BCUT2D eigenvalue weighted by atomic mass is 32.2. The average molecular weight is 314 g/mol. The van der Waals surface area contributed by atoms with Gasteiger partial charge in [0.15, 0.2) is 0 Å². The van der Waals surface area contributed by atoms with Gasteiger partial charge in [-0.2, -0.15) is 0 Å². The van der Waals surface area contributed by atoms with Crippen LogP contribution in [0.25, 0.3) is 0 Å². The van der Waals surface area contributed by atoms with Gasteiger partial charge in [0.05, 0.1) is 12.9 Å². The van der Waals surface area contributed by atoms with Crippen molar-refractivity contribution in [2.24, 2.45) is 0 Å². The van der Waals surface area contributed by atoms with Gasteiger partial charge in [-0.15, -0.1) is 0 Å². The Hall–Kier alpha value is -1.60. The largest absolute Gasteiger partial charge is 0.496 e. The van der Waals surface area contributed by atoms with Gasteiger partial charge in [-0.3, -0.25) is 4.79 Å². The van der Waals surface area contributed by atoms with E-state index in [1.165, 1.54) is 6.92 Å². The molecule has 1 aromatic rings. The van der Waals surface area contributed by atoms with E-state index in [2.05, 4.69) is 10.0 Å². The van der Waals surface area contributed by atoms with Crippen LogP contribution in [0.4, 0.5) is 5.69 Å². The fraction of sp³-hybridized carbons (Fsp3) is 0.500. The lowest BCUT2D eigenvalue weighted by Crippen LogP contribution is -2.28. The Labute approximate surface area is 125 Å². The second kappa shape index (κ2) is 7.99. The maximum Gasteiger partial charge on any atom is 0.221 e. The third-order valence-electron chi connectivity index (χ3n) is 2.79. The number of methoxy groups -OCH3 is 1. The number of anilines is 1. The molecule has 1 amide bonds. The van der Waals surface area contributed by atoms with Crippen LogP contribution < -0.4 is 14.8 Å². The van der Waals surface area contributed by atoms with Crippen LogP contribution in [0.3, 0.4) is 0 Å². The second-order valence-electron chi connectivity index (χ2n) is 4.67. The molecule has 1 rings (SSSR count). The van der Waals surface area contributed by atoms with E-state index in [0.717, 1.165) is 5.56 Å². The zero-order chi connectivity index (χ0) is 15.9. The Bertz CT molecular complexity index is 585. The molecule has 0 aromatic heterocycles. The van der Waals surface area contributed by atoms with Gasteiger partial charge < -0.3 is 10.1 Å². The molecule has 0 unspecified atom stereocenters. The van der Waals surface area contributed by atoms with Gasteiger partial charge in [0.2, 0.25) is 15.9 Å². The van der Waals surface area contributed by atoms with Crippen LogP contribution in [0.2, 0.25) is 0 Å². The van der Waals surface area contributed by atoms with Gasteiger partial charge in [-0.05, 0) is 36.6 Å². The zero-order valence-electron chi connectivity index (χ0n) is 12.6. The van der Waals surface area contributed by atoms with Crippen LogP contribution in [0.1, 0.15) is 25.8 Å². The Morgan fingerprint density at radius 3 is 2.62 bits per heavy atom. The number of sulfonamides is 1. The van der Waals surface area contributed by atoms with Crippen molar-refractivity contribution in [3.8, 4) is 5.75 Å². The van der Waals surface area contributed by atoms with Crippen LogP contribution in [0.5, 0.6) is 5.75 Å². The monoisotopic (exact) mass is 314 g/mol. The topological polar surface area (TPSA) is 84.5 Å². The number of carbonyl (C=O) groups excluding carboxylic acids is 1. The third-order valence-corrected chi connectivity index (χ3v) is 4.38. The summed E-state index contributed by atoms with van der Waals surface area (Å²) in [5.41, 5.74) is 1.50. The van der Waals surface area contributed by atoms with Crippen LogP contribution >= 0.6 is 0 Å². The second-order valence-corrected chi connectivity index (χ2v) is 6.60. The molecule has 118 valence electrons. The minimum atomic E-state index is -3.21.